The smallest absolute Gasteiger partial charge is 0.485 e. The number of nitrogens with zero attached hydrogens (tertiary/aromatic N) is 1. The van der Waals surface area contributed by atoms with E-state index in [0.717, 1.165) is 29.2 Å². The molecule has 0 bridgehead atoms. The number of rotatable bonds is 2. The lowest BCUT2D eigenvalue weighted by atomic mass is 10.0. The van der Waals surface area contributed by atoms with Gasteiger partial charge in [0.2, 0.25) is 11.0 Å². The highest BCUT2D eigenvalue weighted by molar-refractivity contribution is 7.86. The lowest BCUT2D eigenvalue weighted by Crippen LogP contribution is -2.31. The van der Waals surface area contributed by atoms with Gasteiger partial charge in [-0.3, -0.25) is 0 Å². The minimum absolute atomic E-state index is 0.172. The molecule has 0 fully saturated rings. The Morgan fingerprint density at radius 1 is 0.882 bits per heavy atom. The zero-order valence-electron chi connectivity index (χ0n) is 17.1. The third-order valence-electron chi connectivity index (χ3n) is 4.60. The van der Waals surface area contributed by atoms with Crippen LogP contribution in [0.3, 0.4) is 0 Å². The predicted octanol–water partition coefficient (Wildman–Crippen LogP) is 4.37. The summed E-state index contributed by atoms with van der Waals surface area (Å²) in [6, 6.07) is 17.6. The van der Waals surface area contributed by atoms with Gasteiger partial charge in [-0.25, -0.2) is 22.0 Å². The maximum absolute atomic E-state index is 13.4. The van der Waals surface area contributed by atoms with Gasteiger partial charge in [-0.1, -0.05) is 24.3 Å². The van der Waals surface area contributed by atoms with Crippen LogP contribution in [-0.2, 0) is 17.2 Å². The van der Waals surface area contributed by atoms with Gasteiger partial charge >= 0.3 is 11.5 Å². The van der Waals surface area contributed by atoms with E-state index in [1.807, 2.05) is 60.1 Å². The van der Waals surface area contributed by atoms with Crippen molar-refractivity contribution in [2.75, 3.05) is 0 Å². The van der Waals surface area contributed by atoms with E-state index in [1.54, 1.807) is 0 Å². The summed E-state index contributed by atoms with van der Waals surface area (Å²) >= 11 is 0. The largest absolute Gasteiger partial charge is 0.741 e. The molecule has 6 nitrogen and oxygen atoms in total. The molecule has 178 valence electrons. The SMILES string of the molecule is C[n+]1c2ccccc2c(C(=O)Oc2cc(F)cc(F)c2)c2ccccc21.O=S(=O)([O-])C(F)(F)F. The first-order chi connectivity index (χ1) is 15.8. The molecule has 1 heterocycles. The van der Waals surface area contributed by atoms with Crippen LogP contribution >= 0.6 is 0 Å². The number of esters is 1. The number of carbonyl (C=O) groups excluding carboxylic acids is 1. The summed E-state index contributed by atoms with van der Waals surface area (Å²) < 4.78 is 93.0. The first-order valence-electron chi connectivity index (χ1n) is 9.29. The highest BCUT2D eigenvalue weighted by Crippen LogP contribution is 2.26. The Kier molecular flexibility index (Phi) is 6.84. The van der Waals surface area contributed by atoms with Gasteiger partial charge in [-0.05, 0) is 12.1 Å². The second kappa shape index (κ2) is 9.31. The van der Waals surface area contributed by atoms with Crippen LogP contribution in [0.4, 0.5) is 22.0 Å². The number of halogens is 5. The first-order valence-corrected chi connectivity index (χ1v) is 10.7. The molecule has 0 aliphatic carbocycles. The van der Waals surface area contributed by atoms with Crippen LogP contribution < -0.4 is 9.30 Å². The van der Waals surface area contributed by atoms with Crippen molar-refractivity contribution in [2.45, 2.75) is 5.51 Å². The van der Waals surface area contributed by atoms with Crippen LogP contribution in [0, 0.1) is 11.6 Å². The molecule has 0 unspecified atom stereocenters. The van der Waals surface area contributed by atoms with Gasteiger partial charge in [0.15, 0.2) is 10.1 Å². The predicted molar refractivity (Wildman–Crippen MR) is 110 cm³/mol. The van der Waals surface area contributed by atoms with Crippen LogP contribution in [-0.4, -0.2) is 24.4 Å². The average Bonchev–Trinajstić information content (AvgIpc) is 2.72. The fourth-order valence-electron chi connectivity index (χ4n) is 3.20. The van der Waals surface area contributed by atoms with Gasteiger partial charge in [0.25, 0.3) is 0 Å². The fourth-order valence-corrected chi connectivity index (χ4v) is 3.20. The van der Waals surface area contributed by atoms with Crippen LogP contribution in [0.2, 0.25) is 0 Å². The molecule has 34 heavy (non-hydrogen) atoms. The number of benzene rings is 3. The van der Waals surface area contributed by atoms with Crippen molar-refractivity contribution in [1.82, 2.24) is 0 Å². The second-order valence-electron chi connectivity index (χ2n) is 6.86. The molecule has 0 amide bonds. The van der Waals surface area contributed by atoms with E-state index in [4.69, 9.17) is 17.7 Å². The normalized spacial score (nSPS) is 11.7. The van der Waals surface area contributed by atoms with Crippen molar-refractivity contribution in [3.05, 3.63) is 83.9 Å². The monoisotopic (exact) mass is 499 g/mol. The summed E-state index contributed by atoms with van der Waals surface area (Å²) in [7, 11) is -4.17. The summed E-state index contributed by atoms with van der Waals surface area (Å²) in [4.78, 5) is 12.9. The standard InChI is InChI=1S/C21H14F2NO2.CHF3O3S/c1-24-18-8-4-2-6-16(18)20(17-7-3-5-9-19(17)24)21(25)26-15-11-13(22)10-14(23)12-15;2-1(3,4)8(5,6)7/h2-12H,1H3;(H,5,6,7)/q+1;/p-1. The molecule has 4 rings (SSSR count). The number of ether oxygens (including phenoxy) is 1. The summed E-state index contributed by atoms with van der Waals surface area (Å²) in [6.45, 7) is 0. The van der Waals surface area contributed by atoms with E-state index in [1.165, 1.54) is 0 Å². The molecule has 0 saturated heterocycles. The molecule has 0 atom stereocenters. The molecular weight excluding hydrogens is 485 g/mol. The quantitative estimate of drug-likeness (QED) is 0.0778. The topological polar surface area (TPSA) is 87.4 Å². The van der Waals surface area contributed by atoms with Gasteiger partial charge in [0.05, 0.1) is 16.3 Å². The number of aromatic nitrogens is 1. The molecule has 0 spiro atoms. The van der Waals surface area contributed by atoms with E-state index in [0.29, 0.717) is 16.3 Å². The molecule has 0 radical (unpaired) electrons. The molecular formula is C22H14F5NO5S. The van der Waals surface area contributed by atoms with E-state index >= 15 is 0 Å². The number of pyridine rings is 1. The van der Waals surface area contributed by atoms with Crippen LogP contribution in [0.1, 0.15) is 10.4 Å². The Bertz CT molecular complexity index is 1430. The van der Waals surface area contributed by atoms with E-state index in [9.17, 15) is 26.7 Å². The number of hydrogen-bond donors (Lipinski definition) is 0. The maximum atomic E-state index is 13.4. The summed E-state index contributed by atoms with van der Waals surface area (Å²) in [5.41, 5.74) is -3.58. The second-order valence-corrected chi connectivity index (χ2v) is 8.23. The van der Waals surface area contributed by atoms with Crippen LogP contribution in [0.15, 0.2) is 66.7 Å². The Hall–Kier alpha value is -3.64. The Morgan fingerprint density at radius 2 is 1.29 bits per heavy atom. The number of hydrogen-bond acceptors (Lipinski definition) is 5. The van der Waals surface area contributed by atoms with Crippen molar-refractivity contribution in [2.24, 2.45) is 7.05 Å². The Balaban J connectivity index is 0.000000350. The van der Waals surface area contributed by atoms with Crippen molar-refractivity contribution in [1.29, 1.82) is 0 Å². The number of para-hydroxylation sites is 2. The lowest BCUT2D eigenvalue weighted by molar-refractivity contribution is -0.617. The summed E-state index contributed by atoms with van der Waals surface area (Å²) in [5.74, 6) is -2.44. The zero-order valence-corrected chi connectivity index (χ0v) is 18.0. The fraction of sp³-hybridized carbons (Fsp3) is 0.0909. The van der Waals surface area contributed by atoms with Gasteiger partial charge < -0.3 is 9.29 Å². The molecule has 0 saturated carbocycles. The summed E-state index contributed by atoms with van der Waals surface area (Å²) in [6.07, 6.45) is 0. The van der Waals surface area contributed by atoms with E-state index in [-0.39, 0.29) is 5.75 Å². The van der Waals surface area contributed by atoms with Gasteiger partial charge in [-0.2, -0.15) is 17.7 Å². The molecule has 12 heteroatoms. The van der Waals surface area contributed by atoms with Crippen LogP contribution in [0.5, 0.6) is 5.75 Å². The maximum Gasteiger partial charge on any atom is 0.485 e. The molecule has 0 N–H and O–H groups in total. The van der Waals surface area contributed by atoms with Gasteiger partial charge in [0.1, 0.15) is 24.4 Å². The Labute approximate surface area is 189 Å². The van der Waals surface area contributed by atoms with E-state index < -0.39 is 33.2 Å². The van der Waals surface area contributed by atoms with Crippen molar-refractivity contribution < 1.29 is 49.0 Å². The van der Waals surface area contributed by atoms with Crippen LogP contribution in [0.25, 0.3) is 21.8 Å². The van der Waals surface area contributed by atoms with Gasteiger partial charge in [-0.15, -0.1) is 0 Å². The third kappa shape index (κ3) is 5.29. The number of aryl methyl sites for hydroxylation is 1. The highest BCUT2D eigenvalue weighted by atomic mass is 32.2. The van der Waals surface area contributed by atoms with Crippen molar-refractivity contribution in [3.63, 3.8) is 0 Å². The molecule has 3 aromatic carbocycles. The number of carbonyl (C=O) groups is 1. The minimum Gasteiger partial charge on any atom is -0.741 e. The average molecular weight is 499 g/mol. The van der Waals surface area contributed by atoms with Crippen molar-refractivity contribution >= 4 is 37.9 Å². The van der Waals surface area contributed by atoms with E-state index in [2.05, 4.69) is 0 Å². The van der Waals surface area contributed by atoms with Crippen molar-refractivity contribution in [3.8, 4) is 5.75 Å². The number of fused-ring (bicyclic) bond motifs is 2. The molecule has 1 aromatic heterocycles. The number of alkyl halides is 3. The zero-order chi connectivity index (χ0) is 25.3. The Morgan fingerprint density at radius 3 is 1.71 bits per heavy atom. The molecule has 0 aliphatic rings. The molecule has 4 aromatic rings. The third-order valence-corrected chi connectivity index (χ3v) is 5.17. The minimum atomic E-state index is -6.09. The lowest BCUT2D eigenvalue weighted by Gasteiger charge is -2.10. The van der Waals surface area contributed by atoms with Gasteiger partial charge in [0, 0.05) is 30.3 Å². The first kappa shape index (κ1) is 25.0. The summed E-state index contributed by atoms with van der Waals surface area (Å²) in [5, 5.41) is 1.41. The molecule has 0 aliphatic heterocycles. The highest BCUT2D eigenvalue weighted by Gasteiger charge is 2.37.